The second-order valence-electron chi connectivity index (χ2n) is 6.25. The van der Waals surface area contributed by atoms with Crippen LogP contribution in [-0.2, 0) is 19.2 Å². The third-order valence-electron chi connectivity index (χ3n) is 4.55. The maximum Gasteiger partial charge on any atom is 0.245 e. The Labute approximate surface area is 130 Å². The standard InChI is InChI=1S/C16H24N2O4/c1-11(19)7-8-15(21)17-9-4-6-14(17)16(22)18-10-3-5-13(18)12(2)20/h13-14H,3-10H2,1-2H3. The van der Waals surface area contributed by atoms with E-state index in [9.17, 15) is 19.2 Å². The van der Waals surface area contributed by atoms with E-state index in [1.807, 2.05) is 0 Å². The molecular weight excluding hydrogens is 284 g/mol. The number of hydrogen-bond acceptors (Lipinski definition) is 4. The van der Waals surface area contributed by atoms with Gasteiger partial charge in [-0.1, -0.05) is 0 Å². The van der Waals surface area contributed by atoms with Crippen molar-refractivity contribution in [2.45, 2.75) is 64.5 Å². The van der Waals surface area contributed by atoms with Crippen molar-refractivity contribution < 1.29 is 19.2 Å². The first kappa shape index (κ1) is 16.6. The lowest BCUT2D eigenvalue weighted by Gasteiger charge is -2.30. The summed E-state index contributed by atoms with van der Waals surface area (Å²) >= 11 is 0. The fraction of sp³-hybridized carbons (Fsp3) is 0.750. The van der Waals surface area contributed by atoms with Gasteiger partial charge in [-0.3, -0.25) is 14.4 Å². The molecule has 2 aliphatic heterocycles. The topological polar surface area (TPSA) is 74.8 Å². The van der Waals surface area contributed by atoms with Crippen LogP contribution in [0.4, 0.5) is 0 Å². The SMILES string of the molecule is CC(=O)CCC(=O)N1CCCC1C(=O)N1CCCC1C(C)=O. The van der Waals surface area contributed by atoms with E-state index in [1.165, 1.54) is 13.8 Å². The molecule has 2 rings (SSSR count). The first-order valence-electron chi connectivity index (χ1n) is 8.01. The Bertz CT molecular complexity index is 489. The van der Waals surface area contributed by atoms with Gasteiger partial charge < -0.3 is 14.6 Å². The van der Waals surface area contributed by atoms with Crippen molar-refractivity contribution >= 4 is 23.4 Å². The van der Waals surface area contributed by atoms with Crippen LogP contribution in [0.1, 0.15) is 52.4 Å². The van der Waals surface area contributed by atoms with E-state index in [4.69, 9.17) is 0 Å². The molecule has 0 bridgehead atoms. The highest BCUT2D eigenvalue weighted by atomic mass is 16.2. The van der Waals surface area contributed by atoms with E-state index < -0.39 is 6.04 Å². The predicted octanol–water partition coefficient (Wildman–Crippen LogP) is 0.927. The Hall–Kier alpha value is -1.72. The van der Waals surface area contributed by atoms with Gasteiger partial charge in [-0.25, -0.2) is 0 Å². The van der Waals surface area contributed by atoms with E-state index in [-0.39, 0.29) is 42.3 Å². The maximum atomic E-state index is 12.7. The molecule has 2 aliphatic rings. The minimum Gasteiger partial charge on any atom is -0.331 e. The largest absolute Gasteiger partial charge is 0.331 e. The molecule has 2 atom stereocenters. The Kier molecular flexibility index (Phi) is 5.32. The zero-order valence-corrected chi connectivity index (χ0v) is 13.3. The molecule has 6 heteroatoms. The number of hydrogen-bond donors (Lipinski definition) is 0. The van der Waals surface area contributed by atoms with Gasteiger partial charge in [-0.05, 0) is 39.5 Å². The van der Waals surface area contributed by atoms with E-state index in [0.717, 1.165) is 12.8 Å². The molecule has 2 amide bonds. The first-order chi connectivity index (χ1) is 10.4. The van der Waals surface area contributed by atoms with E-state index in [2.05, 4.69) is 0 Å². The van der Waals surface area contributed by atoms with Crippen LogP contribution in [0.3, 0.4) is 0 Å². The summed E-state index contributed by atoms with van der Waals surface area (Å²) in [5, 5.41) is 0. The Morgan fingerprint density at radius 2 is 1.45 bits per heavy atom. The summed E-state index contributed by atoms with van der Waals surface area (Å²) in [6.45, 7) is 4.13. The second kappa shape index (κ2) is 7.03. The molecule has 2 heterocycles. The fourth-order valence-corrected chi connectivity index (χ4v) is 3.39. The zero-order chi connectivity index (χ0) is 16.3. The lowest BCUT2D eigenvalue weighted by Crippen LogP contribution is -2.50. The van der Waals surface area contributed by atoms with Crippen LogP contribution in [-0.4, -0.2) is 58.4 Å². The van der Waals surface area contributed by atoms with Crippen molar-refractivity contribution in [2.75, 3.05) is 13.1 Å². The van der Waals surface area contributed by atoms with Crippen LogP contribution in [0, 0.1) is 0 Å². The van der Waals surface area contributed by atoms with Gasteiger partial charge in [0.1, 0.15) is 11.8 Å². The average molecular weight is 308 g/mol. The normalized spacial score (nSPS) is 24.6. The molecule has 0 aromatic heterocycles. The second-order valence-corrected chi connectivity index (χ2v) is 6.25. The number of ketones is 2. The van der Waals surface area contributed by atoms with Crippen LogP contribution < -0.4 is 0 Å². The average Bonchev–Trinajstić information content (AvgIpc) is 3.12. The molecule has 6 nitrogen and oxygen atoms in total. The summed E-state index contributed by atoms with van der Waals surface area (Å²) < 4.78 is 0. The highest BCUT2D eigenvalue weighted by molar-refractivity contribution is 5.93. The monoisotopic (exact) mass is 308 g/mol. The van der Waals surface area contributed by atoms with Gasteiger partial charge in [-0.2, -0.15) is 0 Å². The molecule has 122 valence electrons. The molecule has 0 aliphatic carbocycles. The summed E-state index contributed by atoms with van der Waals surface area (Å²) in [4.78, 5) is 50.9. The number of rotatable bonds is 5. The van der Waals surface area contributed by atoms with Crippen LogP contribution in [0.2, 0.25) is 0 Å². The van der Waals surface area contributed by atoms with Crippen LogP contribution in [0.5, 0.6) is 0 Å². The molecular formula is C16H24N2O4. The minimum absolute atomic E-state index is 0.0123. The van der Waals surface area contributed by atoms with Gasteiger partial charge in [0.05, 0.1) is 6.04 Å². The van der Waals surface area contributed by atoms with E-state index in [0.29, 0.717) is 25.9 Å². The molecule has 22 heavy (non-hydrogen) atoms. The quantitative estimate of drug-likeness (QED) is 0.757. The molecule has 2 saturated heterocycles. The lowest BCUT2D eigenvalue weighted by atomic mass is 10.1. The summed E-state index contributed by atoms with van der Waals surface area (Å²) in [6, 6.07) is -0.790. The van der Waals surface area contributed by atoms with Crippen molar-refractivity contribution in [1.82, 2.24) is 9.80 Å². The summed E-state index contributed by atoms with van der Waals surface area (Å²) in [6.07, 6.45) is 3.37. The number of Topliss-reactive ketones (excluding diaryl/α,β-unsaturated/α-hetero) is 2. The van der Waals surface area contributed by atoms with Gasteiger partial charge in [0.25, 0.3) is 0 Å². The fourth-order valence-electron chi connectivity index (χ4n) is 3.39. The molecule has 2 fully saturated rings. The summed E-state index contributed by atoms with van der Waals surface area (Å²) in [5.74, 6) is -0.249. The zero-order valence-electron chi connectivity index (χ0n) is 13.3. The first-order valence-corrected chi connectivity index (χ1v) is 8.01. The third kappa shape index (κ3) is 3.54. The van der Waals surface area contributed by atoms with E-state index >= 15 is 0 Å². The number of carbonyl (C=O) groups is 4. The molecule has 0 aromatic carbocycles. The molecule has 0 aromatic rings. The molecule has 0 N–H and O–H groups in total. The maximum absolute atomic E-state index is 12.7. The van der Waals surface area contributed by atoms with Crippen molar-refractivity contribution in [1.29, 1.82) is 0 Å². The number of carbonyl (C=O) groups excluding carboxylic acids is 4. The van der Waals surface area contributed by atoms with Crippen LogP contribution in [0.25, 0.3) is 0 Å². The van der Waals surface area contributed by atoms with Gasteiger partial charge in [0.2, 0.25) is 11.8 Å². The van der Waals surface area contributed by atoms with Gasteiger partial charge in [0, 0.05) is 25.9 Å². The van der Waals surface area contributed by atoms with Crippen molar-refractivity contribution in [3.05, 3.63) is 0 Å². The number of likely N-dealkylation sites (tertiary alicyclic amines) is 2. The lowest BCUT2D eigenvalue weighted by molar-refractivity contribution is -0.146. The highest BCUT2D eigenvalue weighted by Crippen LogP contribution is 2.25. The van der Waals surface area contributed by atoms with Crippen LogP contribution in [0.15, 0.2) is 0 Å². The minimum atomic E-state index is -0.459. The van der Waals surface area contributed by atoms with E-state index in [1.54, 1.807) is 9.80 Å². The van der Waals surface area contributed by atoms with Gasteiger partial charge in [0.15, 0.2) is 5.78 Å². The Balaban J connectivity index is 2.03. The molecule has 0 saturated carbocycles. The van der Waals surface area contributed by atoms with Crippen molar-refractivity contribution in [2.24, 2.45) is 0 Å². The predicted molar refractivity (Wildman–Crippen MR) is 80.1 cm³/mol. The van der Waals surface area contributed by atoms with Crippen molar-refractivity contribution in [3.8, 4) is 0 Å². The molecule has 0 radical (unpaired) electrons. The number of nitrogens with zero attached hydrogens (tertiary/aromatic N) is 2. The third-order valence-corrected chi connectivity index (χ3v) is 4.55. The summed E-state index contributed by atoms with van der Waals surface area (Å²) in [7, 11) is 0. The van der Waals surface area contributed by atoms with Crippen LogP contribution >= 0.6 is 0 Å². The Morgan fingerprint density at radius 1 is 0.864 bits per heavy atom. The van der Waals surface area contributed by atoms with Crippen molar-refractivity contribution in [3.63, 3.8) is 0 Å². The van der Waals surface area contributed by atoms with Gasteiger partial charge >= 0.3 is 0 Å². The number of amides is 2. The highest BCUT2D eigenvalue weighted by Gasteiger charge is 2.40. The molecule has 2 unspecified atom stereocenters. The summed E-state index contributed by atoms with van der Waals surface area (Å²) in [5.41, 5.74) is 0. The Morgan fingerprint density at radius 3 is 2.05 bits per heavy atom. The van der Waals surface area contributed by atoms with Gasteiger partial charge in [-0.15, -0.1) is 0 Å². The smallest absolute Gasteiger partial charge is 0.245 e. The molecule has 0 spiro atoms.